The van der Waals surface area contributed by atoms with Crippen LogP contribution in [0.2, 0.25) is 0 Å². The molecule has 0 atom stereocenters. The lowest BCUT2D eigenvalue weighted by molar-refractivity contribution is -0.115. The van der Waals surface area contributed by atoms with Crippen LogP contribution in [0.3, 0.4) is 0 Å². The fraction of sp³-hybridized carbons (Fsp3) is 0.222. The Bertz CT molecular complexity index is 664. The first-order valence-corrected chi connectivity index (χ1v) is 7.46. The molecule has 2 N–H and O–H groups in total. The number of benzene rings is 2. The van der Waals surface area contributed by atoms with Crippen LogP contribution in [0, 0.1) is 0 Å². The first-order valence-electron chi connectivity index (χ1n) is 7.46. The largest absolute Gasteiger partial charge is 0.494 e. The van der Waals surface area contributed by atoms with Crippen LogP contribution in [-0.4, -0.2) is 25.5 Å². The zero-order valence-electron chi connectivity index (χ0n) is 13.3. The van der Waals surface area contributed by atoms with Gasteiger partial charge in [-0.1, -0.05) is 12.1 Å². The van der Waals surface area contributed by atoms with Crippen LogP contribution in [0.15, 0.2) is 48.5 Å². The van der Waals surface area contributed by atoms with Gasteiger partial charge in [-0.25, -0.2) is 0 Å². The Morgan fingerprint density at radius 2 is 1.65 bits per heavy atom. The lowest BCUT2D eigenvalue weighted by atomic mass is 10.1. The Morgan fingerprint density at radius 1 is 1.00 bits per heavy atom. The minimum Gasteiger partial charge on any atom is -0.494 e. The third-order valence-electron chi connectivity index (χ3n) is 3.26. The standard InChI is InChI=1S/C18H20N2O3/c1-3-23-16-10-4-13(5-11-16)12-17(21)20-15-8-6-14(7-9-15)18(22)19-2/h4-11H,3,12H2,1-2H3,(H,19,22)(H,20,21). The second-order valence-corrected chi connectivity index (χ2v) is 4.96. The summed E-state index contributed by atoms with van der Waals surface area (Å²) in [5, 5.41) is 5.36. The van der Waals surface area contributed by atoms with Gasteiger partial charge in [-0.3, -0.25) is 9.59 Å². The molecule has 0 radical (unpaired) electrons. The minimum atomic E-state index is -0.155. The topological polar surface area (TPSA) is 67.4 Å². The van der Waals surface area contributed by atoms with Gasteiger partial charge in [-0.2, -0.15) is 0 Å². The molecule has 2 rings (SSSR count). The summed E-state index contributed by atoms with van der Waals surface area (Å²) < 4.78 is 5.37. The molecule has 0 fully saturated rings. The van der Waals surface area contributed by atoms with E-state index in [2.05, 4.69) is 10.6 Å². The van der Waals surface area contributed by atoms with E-state index in [-0.39, 0.29) is 18.2 Å². The number of carbonyl (C=O) groups excluding carboxylic acids is 2. The van der Waals surface area contributed by atoms with Gasteiger partial charge in [0, 0.05) is 18.3 Å². The predicted octanol–water partition coefficient (Wildman–Crippen LogP) is 2.63. The molecule has 0 heterocycles. The van der Waals surface area contributed by atoms with Gasteiger partial charge in [0.25, 0.3) is 5.91 Å². The highest BCUT2D eigenvalue weighted by Gasteiger charge is 2.06. The molecule has 0 saturated carbocycles. The van der Waals surface area contributed by atoms with Crippen molar-refractivity contribution >= 4 is 17.5 Å². The minimum absolute atomic E-state index is 0.109. The average Bonchev–Trinajstić information content (AvgIpc) is 2.57. The molecule has 5 heteroatoms. The Kier molecular flexibility index (Phi) is 5.74. The van der Waals surface area contributed by atoms with Gasteiger partial charge in [-0.15, -0.1) is 0 Å². The van der Waals surface area contributed by atoms with Crippen LogP contribution in [0.4, 0.5) is 5.69 Å². The van der Waals surface area contributed by atoms with Gasteiger partial charge in [-0.05, 0) is 48.9 Å². The monoisotopic (exact) mass is 312 g/mol. The summed E-state index contributed by atoms with van der Waals surface area (Å²) in [4.78, 5) is 23.5. The van der Waals surface area contributed by atoms with Crippen LogP contribution in [0.5, 0.6) is 5.75 Å². The van der Waals surface area contributed by atoms with E-state index in [0.29, 0.717) is 17.9 Å². The number of ether oxygens (including phenoxy) is 1. The van der Waals surface area contributed by atoms with Crippen molar-refractivity contribution in [3.8, 4) is 5.75 Å². The van der Waals surface area contributed by atoms with E-state index in [1.54, 1.807) is 31.3 Å². The van der Waals surface area contributed by atoms with E-state index in [4.69, 9.17) is 4.74 Å². The maximum Gasteiger partial charge on any atom is 0.251 e. The number of carbonyl (C=O) groups is 2. The van der Waals surface area contributed by atoms with E-state index in [1.807, 2.05) is 31.2 Å². The fourth-order valence-corrected chi connectivity index (χ4v) is 2.11. The summed E-state index contributed by atoms with van der Waals surface area (Å²) in [5.74, 6) is 0.528. The quantitative estimate of drug-likeness (QED) is 0.861. The van der Waals surface area contributed by atoms with Crippen molar-refractivity contribution in [3.63, 3.8) is 0 Å². The number of anilines is 1. The molecule has 0 aromatic heterocycles. The number of nitrogens with one attached hydrogen (secondary N) is 2. The molecule has 0 aliphatic heterocycles. The Balaban J connectivity index is 1.92. The lowest BCUT2D eigenvalue weighted by Gasteiger charge is -2.07. The van der Waals surface area contributed by atoms with E-state index in [9.17, 15) is 9.59 Å². The van der Waals surface area contributed by atoms with Gasteiger partial charge in [0.15, 0.2) is 0 Å². The molecule has 5 nitrogen and oxygen atoms in total. The molecule has 23 heavy (non-hydrogen) atoms. The summed E-state index contributed by atoms with van der Waals surface area (Å²) in [7, 11) is 1.58. The normalized spacial score (nSPS) is 10.0. The van der Waals surface area contributed by atoms with Crippen molar-refractivity contribution in [1.82, 2.24) is 5.32 Å². The maximum atomic E-state index is 12.0. The van der Waals surface area contributed by atoms with Crippen molar-refractivity contribution in [2.75, 3.05) is 19.0 Å². The van der Waals surface area contributed by atoms with E-state index in [1.165, 1.54) is 0 Å². The SMILES string of the molecule is CCOc1ccc(CC(=O)Nc2ccc(C(=O)NC)cc2)cc1. The molecule has 2 aromatic carbocycles. The molecule has 0 unspecified atom stereocenters. The van der Waals surface area contributed by atoms with Crippen molar-refractivity contribution in [2.45, 2.75) is 13.3 Å². The second-order valence-electron chi connectivity index (χ2n) is 4.96. The third-order valence-corrected chi connectivity index (χ3v) is 3.26. The molecular formula is C18H20N2O3. The van der Waals surface area contributed by atoms with E-state index < -0.39 is 0 Å². The summed E-state index contributed by atoms with van der Waals surface area (Å²) >= 11 is 0. The summed E-state index contributed by atoms with van der Waals surface area (Å²) in [6.45, 7) is 2.54. The Hall–Kier alpha value is -2.82. The molecule has 0 saturated heterocycles. The zero-order valence-corrected chi connectivity index (χ0v) is 13.3. The predicted molar refractivity (Wildman–Crippen MR) is 89.8 cm³/mol. The Labute approximate surface area is 135 Å². The molecule has 0 spiro atoms. The van der Waals surface area contributed by atoms with Gasteiger partial charge < -0.3 is 15.4 Å². The van der Waals surface area contributed by atoms with Crippen LogP contribution >= 0.6 is 0 Å². The third kappa shape index (κ3) is 4.85. The molecule has 0 bridgehead atoms. The average molecular weight is 312 g/mol. The number of hydrogen-bond acceptors (Lipinski definition) is 3. The smallest absolute Gasteiger partial charge is 0.251 e. The van der Waals surface area contributed by atoms with Crippen molar-refractivity contribution in [3.05, 3.63) is 59.7 Å². The van der Waals surface area contributed by atoms with Gasteiger partial charge in [0.05, 0.1) is 13.0 Å². The zero-order chi connectivity index (χ0) is 16.7. The van der Waals surface area contributed by atoms with Gasteiger partial charge in [0.2, 0.25) is 5.91 Å². The molecule has 0 aliphatic carbocycles. The number of amides is 2. The van der Waals surface area contributed by atoms with Crippen molar-refractivity contribution in [1.29, 1.82) is 0 Å². The van der Waals surface area contributed by atoms with E-state index in [0.717, 1.165) is 11.3 Å². The molecule has 2 amide bonds. The van der Waals surface area contributed by atoms with Crippen molar-refractivity contribution in [2.24, 2.45) is 0 Å². The molecule has 2 aromatic rings. The van der Waals surface area contributed by atoms with Crippen molar-refractivity contribution < 1.29 is 14.3 Å². The first-order chi connectivity index (χ1) is 11.1. The highest BCUT2D eigenvalue weighted by Crippen LogP contribution is 2.14. The number of hydrogen-bond donors (Lipinski definition) is 2. The van der Waals surface area contributed by atoms with Crippen LogP contribution in [0.25, 0.3) is 0 Å². The second kappa shape index (κ2) is 7.98. The number of rotatable bonds is 6. The molecule has 0 aliphatic rings. The molecule has 120 valence electrons. The first kappa shape index (κ1) is 16.5. The maximum absolute atomic E-state index is 12.0. The van der Waals surface area contributed by atoms with Crippen LogP contribution < -0.4 is 15.4 Å². The highest BCUT2D eigenvalue weighted by atomic mass is 16.5. The summed E-state index contributed by atoms with van der Waals surface area (Å²) in [6.07, 6.45) is 0.281. The Morgan fingerprint density at radius 3 is 2.22 bits per heavy atom. The van der Waals surface area contributed by atoms with Gasteiger partial charge >= 0.3 is 0 Å². The van der Waals surface area contributed by atoms with E-state index >= 15 is 0 Å². The van der Waals surface area contributed by atoms with Gasteiger partial charge in [0.1, 0.15) is 5.75 Å². The fourth-order valence-electron chi connectivity index (χ4n) is 2.11. The van der Waals surface area contributed by atoms with Crippen LogP contribution in [-0.2, 0) is 11.2 Å². The highest BCUT2D eigenvalue weighted by molar-refractivity contribution is 5.96. The summed E-state index contributed by atoms with van der Waals surface area (Å²) in [5.41, 5.74) is 2.12. The van der Waals surface area contributed by atoms with Crippen LogP contribution in [0.1, 0.15) is 22.8 Å². The lowest BCUT2D eigenvalue weighted by Crippen LogP contribution is -2.18. The summed E-state index contributed by atoms with van der Waals surface area (Å²) in [6, 6.07) is 14.2. The molecular weight excluding hydrogens is 292 g/mol.